The van der Waals surface area contributed by atoms with E-state index in [0.29, 0.717) is 23.7 Å². The van der Waals surface area contributed by atoms with E-state index in [1.807, 2.05) is 18.2 Å². The number of rotatable bonds is 1. The van der Waals surface area contributed by atoms with E-state index in [2.05, 4.69) is 21.2 Å². The van der Waals surface area contributed by atoms with Crippen LogP contribution in [-0.2, 0) is 4.79 Å². The lowest BCUT2D eigenvalue weighted by atomic mass is 10.2. The summed E-state index contributed by atoms with van der Waals surface area (Å²) in [6, 6.07) is 5.74. The van der Waals surface area contributed by atoms with Crippen LogP contribution < -0.4 is 11.1 Å². The van der Waals surface area contributed by atoms with Crippen molar-refractivity contribution in [1.29, 1.82) is 0 Å². The maximum absolute atomic E-state index is 12.5. The van der Waals surface area contributed by atoms with Gasteiger partial charge in [0.05, 0.1) is 12.2 Å². The van der Waals surface area contributed by atoms with Crippen LogP contribution in [0.5, 0.6) is 0 Å². The number of carbonyl (C=O) groups is 2. The van der Waals surface area contributed by atoms with Crippen LogP contribution in [0.1, 0.15) is 9.67 Å². The van der Waals surface area contributed by atoms with E-state index >= 15 is 0 Å². The summed E-state index contributed by atoms with van der Waals surface area (Å²) < 4.78 is 1.83. The summed E-state index contributed by atoms with van der Waals surface area (Å²) >= 11 is 4.82. The number of nitrogen functional groups attached to an aromatic ring is 1. The molecule has 0 radical (unpaired) electrons. The molecule has 1 aliphatic heterocycles. The first-order chi connectivity index (χ1) is 9.58. The molecule has 0 bridgehead atoms. The monoisotopic (exact) mass is 353 g/mol. The van der Waals surface area contributed by atoms with Crippen LogP contribution in [0.4, 0.5) is 5.69 Å². The molecule has 1 fully saturated rings. The van der Waals surface area contributed by atoms with Gasteiger partial charge in [-0.25, -0.2) is 0 Å². The number of thiophene rings is 1. The fraction of sp³-hybridized carbons (Fsp3) is 0.231. The van der Waals surface area contributed by atoms with E-state index in [-0.39, 0.29) is 18.4 Å². The normalized spacial score (nSPS) is 15.4. The van der Waals surface area contributed by atoms with Gasteiger partial charge < -0.3 is 16.0 Å². The molecule has 5 nitrogen and oxygen atoms in total. The van der Waals surface area contributed by atoms with Gasteiger partial charge in [0.25, 0.3) is 5.91 Å². The smallest absolute Gasteiger partial charge is 0.266 e. The largest absolute Gasteiger partial charge is 0.397 e. The van der Waals surface area contributed by atoms with E-state index in [4.69, 9.17) is 5.73 Å². The Morgan fingerprint density at radius 3 is 2.95 bits per heavy atom. The number of fused-ring (bicyclic) bond motifs is 1. The average Bonchev–Trinajstić information content (AvgIpc) is 2.76. The lowest BCUT2D eigenvalue weighted by Gasteiger charge is -2.26. The zero-order valence-corrected chi connectivity index (χ0v) is 12.9. The van der Waals surface area contributed by atoms with Crippen molar-refractivity contribution in [3.63, 3.8) is 0 Å². The molecule has 0 saturated carbocycles. The van der Waals surface area contributed by atoms with Crippen molar-refractivity contribution in [1.82, 2.24) is 10.2 Å². The number of anilines is 1. The molecule has 0 aliphatic carbocycles. The van der Waals surface area contributed by atoms with Gasteiger partial charge in [0.2, 0.25) is 5.91 Å². The molecule has 1 aromatic carbocycles. The molecular formula is C13H12BrN3O2S. The van der Waals surface area contributed by atoms with Crippen LogP contribution >= 0.6 is 27.3 Å². The third kappa shape index (κ3) is 2.16. The minimum absolute atomic E-state index is 0.0910. The van der Waals surface area contributed by atoms with Crippen molar-refractivity contribution in [3.8, 4) is 0 Å². The van der Waals surface area contributed by atoms with Gasteiger partial charge in [-0.1, -0.05) is 22.0 Å². The maximum atomic E-state index is 12.5. The number of nitrogens with two attached hydrogens (primary N) is 1. The van der Waals surface area contributed by atoms with E-state index in [9.17, 15) is 9.59 Å². The molecule has 0 unspecified atom stereocenters. The highest BCUT2D eigenvalue weighted by atomic mass is 79.9. The summed E-state index contributed by atoms with van der Waals surface area (Å²) in [6.45, 7) is 1.09. The summed E-state index contributed by atoms with van der Waals surface area (Å²) in [5, 5.41) is 3.56. The van der Waals surface area contributed by atoms with Crippen LogP contribution in [0.2, 0.25) is 0 Å². The van der Waals surface area contributed by atoms with E-state index in [1.54, 1.807) is 0 Å². The summed E-state index contributed by atoms with van der Waals surface area (Å²) in [5.74, 6) is -0.309. The maximum Gasteiger partial charge on any atom is 0.266 e. The minimum Gasteiger partial charge on any atom is -0.397 e. The predicted octanol–water partition coefficient (Wildman–Crippen LogP) is 1.82. The number of nitrogens with zero attached hydrogens (tertiary/aromatic N) is 1. The second-order valence-electron chi connectivity index (χ2n) is 4.53. The predicted molar refractivity (Wildman–Crippen MR) is 82.9 cm³/mol. The number of hydrogen-bond donors (Lipinski definition) is 2. The molecule has 2 heterocycles. The third-order valence-corrected chi connectivity index (χ3v) is 5.04. The number of piperazine rings is 1. The SMILES string of the molecule is Nc1c(C(=O)N2CCNC(=O)C2)sc2cccc(Br)c12. The molecule has 2 amide bonds. The standard InChI is InChI=1S/C13H12BrN3O2S/c14-7-2-1-3-8-10(7)11(15)12(20-8)13(19)17-5-4-16-9(18)6-17/h1-3H,4-6,15H2,(H,16,18). The van der Waals surface area contributed by atoms with Crippen LogP contribution in [0.25, 0.3) is 10.1 Å². The van der Waals surface area contributed by atoms with E-state index in [0.717, 1.165) is 14.6 Å². The number of nitrogens with one attached hydrogen (secondary N) is 1. The first-order valence-corrected chi connectivity index (χ1v) is 7.71. The Balaban J connectivity index is 2.01. The number of carbonyl (C=O) groups excluding carboxylic acids is 2. The number of benzene rings is 1. The molecule has 1 aromatic heterocycles. The average molecular weight is 354 g/mol. The van der Waals surface area contributed by atoms with Crippen LogP contribution in [0.15, 0.2) is 22.7 Å². The third-order valence-electron chi connectivity index (χ3n) is 3.22. The quantitative estimate of drug-likeness (QED) is 0.820. The highest BCUT2D eigenvalue weighted by Gasteiger charge is 2.26. The molecule has 2 aromatic rings. The Labute approximate surface area is 127 Å². The van der Waals surface area contributed by atoms with Gasteiger partial charge in [-0.15, -0.1) is 11.3 Å². The minimum atomic E-state index is -0.176. The molecule has 3 rings (SSSR count). The highest BCUT2D eigenvalue weighted by molar-refractivity contribution is 9.10. The fourth-order valence-corrected chi connectivity index (χ4v) is 4.07. The number of hydrogen-bond acceptors (Lipinski definition) is 4. The van der Waals surface area contributed by atoms with Crippen LogP contribution in [-0.4, -0.2) is 36.3 Å². The number of halogens is 1. The first kappa shape index (κ1) is 13.4. The summed E-state index contributed by atoms with van der Waals surface area (Å²) in [7, 11) is 0. The van der Waals surface area contributed by atoms with Gasteiger partial charge in [-0.2, -0.15) is 0 Å². The van der Waals surface area contributed by atoms with Gasteiger partial charge in [0.15, 0.2) is 0 Å². The molecule has 104 valence electrons. The van der Waals surface area contributed by atoms with Gasteiger partial charge in [0, 0.05) is 27.6 Å². The van der Waals surface area contributed by atoms with Crippen molar-refractivity contribution in [2.24, 2.45) is 0 Å². The zero-order valence-electron chi connectivity index (χ0n) is 10.5. The Kier molecular flexibility index (Phi) is 3.39. The van der Waals surface area contributed by atoms with E-state index < -0.39 is 0 Å². The van der Waals surface area contributed by atoms with Crippen molar-refractivity contribution in [2.75, 3.05) is 25.4 Å². The first-order valence-electron chi connectivity index (χ1n) is 6.10. The Hall–Kier alpha value is -1.60. The van der Waals surface area contributed by atoms with Crippen molar-refractivity contribution < 1.29 is 9.59 Å². The molecule has 20 heavy (non-hydrogen) atoms. The molecule has 0 atom stereocenters. The van der Waals surface area contributed by atoms with Crippen molar-refractivity contribution >= 4 is 54.9 Å². The molecule has 0 spiro atoms. The zero-order chi connectivity index (χ0) is 14.3. The van der Waals surface area contributed by atoms with E-state index in [1.165, 1.54) is 16.2 Å². The summed E-state index contributed by atoms with van der Waals surface area (Å²) in [6.07, 6.45) is 0. The molecule has 7 heteroatoms. The summed E-state index contributed by atoms with van der Waals surface area (Å²) in [4.78, 5) is 25.9. The second kappa shape index (κ2) is 5.06. The fourth-order valence-electron chi connectivity index (χ4n) is 2.24. The topological polar surface area (TPSA) is 75.4 Å². The lowest BCUT2D eigenvalue weighted by Crippen LogP contribution is -2.49. The van der Waals surface area contributed by atoms with Crippen molar-refractivity contribution in [3.05, 3.63) is 27.5 Å². The Bertz CT molecular complexity index is 713. The Morgan fingerprint density at radius 1 is 1.45 bits per heavy atom. The van der Waals surface area contributed by atoms with Gasteiger partial charge in [0.1, 0.15) is 4.88 Å². The van der Waals surface area contributed by atoms with Gasteiger partial charge >= 0.3 is 0 Å². The molecule has 3 N–H and O–H groups in total. The lowest BCUT2D eigenvalue weighted by molar-refractivity contribution is -0.123. The van der Waals surface area contributed by atoms with Crippen LogP contribution in [0, 0.1) is 0 Å². The molecule has 1 aliphatic rings. The number of amides is 2. The van der Waals surface area contributed by atoms with Gasteiger partial charge in [-0.3, -0.25) is 9.59 Å². The molecule has 1 saturated heterocycles. The van der Waals surface area contributed by atoms with Crippen LogP contribution in [0.3, 0.4) is 0 Å². The Morgan fingerprint density at radius 2 is 2.25 bits per heavy atom. The van der Waals surface area contributed by atoms with Gasteiger partial charge in [-0.05, 0) is 12.1 Å². The second-order valence-corrected chi connectivity index (χ2v) is 6.44. The summed E-state index contributed by atoms with van der Waals surface area (Å²) in [5.41, 5.74) is 6.59. The molecular weight excluding hydrogens is 342 g/mol. The van der Waals surface area contributed by atoms with Crippen molar-refractivity contribution in [2.45, 2.75) is 0 Å². The highest BCUT2D eigenvalue weighted by Crippen LogP contribution is 2.38.